The summed E-state index contributed by atoms with van der Waals surface area (Å²) in [6.45, 7) is 3.91. The van der Waals surface area contributed by atoms with E-state index in [0.717, 1.165) is 11.3 Å². The molecule has 1 fully saturated rings. The van der Waals surface area contributed by atoms with Crippen LogP contribution in [0, 0.1) is 18.3 Å². The monoisotopic (exact) mass is 257 g/mol. The van der Waals surface area contributed by atoms with Gasteiger partial charge in [0.1, 0.15) is 6.04 Å². The Morgan fingerprint density at radius 3 is 2.79 bits per heavy atom. The minimum atomic E-state index is -0.343. The molecular weight excluding hydrogens is 242 g/mol. The van der Waals surface area contributed by atoms with Crippen molar-refractivity contribution >= 4 is 17.5 Å². The predicted molar refractivity (Wildman–Crippen MR) is 70.5 cm³/mol. The van der Waals surface area contributed by atoms with Crippen LogP contribution in [-0.4, -0.2) is 24.4 Å². The van der Waals surface area contributed by atoms with Crippen molar-refractivity contribution in [1.29, 1.82) is 5.26 Å². The SMILES string of the molecule is CCC1C(=O)NC(=O)CN1c1ccc(C#N)c(C)c1. The maximum Gasteiger partial charge on any atom is 0.249 e. The third-order valence-electron chi connectivity index (χ3n) is 3.30. The normalized spacial score (nSPS) is 19.0. The van der Waals surface area contributed by atoms with Crippen molar-refractivity contribution in [3.05, 3.63) is 29.3 Å². The predicted octanol–water partition coefficient (Wildman–Crippen LogP) is 1.11. The zero-order valence-corrected chi connectivity index (χ0v) is 10.9. The van der Waals surface area contributed by atoms with Gasteiger partial charge >= 0.3 is 0 Å². The summed E-state index contributed by atoms with van der Waals surface area (Å²) in [6, 6.07) is 7.10. The first-order chi connectivity index (χ1) is 9.06. The fourth-order valence-electron chi connectivity index (χ4n) is 2.30. The Bertz CT molecular complexity index is 575. The number of benzene rings is 1. The average molecular weight is 257 g/mol. The fourth-order valence-corrected chi connectivity index (χ4v) is 2.30. The summed E-state index contributed by atoms with van der Waals surface area (Å²) in [5.41, 5.74) is 2.24. The highest BCUT2D eigenvalue weighted by Crippen LogP contribution is 2.23. The number of nitriles is 1. The maximum absolute atomic E-state index is 11.8. The maximum atomic E-state index is 11.8. The quantitative estimate of drug-likeness (QED) is 0.805. The molecule has 19 heavy (non-hydrogen) atoms. The highest BCUT2D eigenvalue weighted by Gasteiger charge is 2.32. The Labute approximate surface area is 111 Å². The summed E-state index contributed by atoms with van der Waals surface area (Å²) in [5.74, 6) is -0.558. The lowest BCUT2D eigenvalue weighted by Crippen LogP contribution is -2.58. The highest BCUT2D eigenvalue weighted by atomic mass is 16.2. The van der Waals surface area contributed by atoms with Gasteiger partial charge < -0.3 is 4.90 Å². The molecule has 1 N–H and O–H groups in total. The first-order valence-corrected chi connectivity index (χ1v) is 6.18. The Balaban J connectivity index is 2.38. The lowest BCUT2D eigenvalue weighted by molar-refractivity contribution is -0.132. The molecule has 1 aromatic carbocycles. The zero-order chi connectivity index (χ0) is 14.0. The molecule has 2 rings (SSSR count). The van der Waals surface area contributed by atoms with Gasteiger partial charge in [-0.1, -0.05) is 6.92 Å². The van der Waals surface area contributed by atoms with E-state index in [4.69, 9.17) is 5.26 Å². The Morgan fingerprint density at radius 1 is 1.47 bits per heavy atom. The summed E-state index contributed by atoms with van der Waals surface area (Å²) in [6.07, 6.45) is 0.623. The minimum Gasteiger partial charge on any atom is -0.350 e. The summed E-state index contributed by atoms with van der Waals surface area (Å²) in [7, 11) is 0. The summed E-state index contributed by atoms with van der Waals surface area (Å²) in [5, 5.41) is 11.3. The van der Waals surface area contributed by atoms with Crippen LogP contribution in [0.25, 0.3) is 0 Å². The molecule has 0 bridgehead atoms. The fraction of sp³-hybridized carbons (Fsp3) is 0.357. The molecule has 1 aliphatic heterocycles. The third kappa shape index (κ3) is 2.43. The van der Waals surface area contributed by atoms with Crippen LogP contribution in [0.4, 0.5) is 5.69 Å². The van der Waals surface area contributed by atoms with Gasteiger partial charge in [-0.15, -0.1) is 0 Å². The van der Waals surface area contributed by atoms with Crippen LogP contribution in [0.3, 0.4) is 0 Å². The highest BCUT2D eigenvalue weighted by molar-refractivity contribution is 6.04. The second-order valence-electron chi connectivity index (χ2n) is 4.58. The van der Waals surface area contributed by atoms with Crippen molar-refractivity contribution in [3.63, 3.8) is 0 Å². The average Bonchev–Trinajstić information content (AvgIpc) is 2.37. The second-order valence-corrected chi connectivity index (χ2v) is 4.58. The van der Waals surface area contributed by atoms with Crippen molar-refractivity contribution in [1.82, 2.24) is 5.32 Å². The molecule has 98 valence electrons. The van der Waals surface area contributed by atoms with Crippen LogP contribution in [0.2, 0.25) is 0 Å². The molecule has 0 radical (unpaired) electrons. The second kappa shape index (κ2) is 5.11. The number of imide groups is 1. The van der Waals surface area contributed by atoms with E-state index in [9.17, 15) is 9.59 Å². The van der Waals surface area contributed by atoms with E-state index in [1.807, 2.05) is 19.9 Å². The van der Waals surface area contributed by atoms with E-state index in [0.29, 0.717) is 12.0 Å². The van der Waals surface area contributed by atoms with Crippen LogP contribution in [0.5, 0.6) is 0 Å². The van der Waals surface area contributed by atoms with E-state index < -0.39 is 0 Å². The molecule has 0 aromatic heterocycles. The van der Waals surface area contributed by atoms with Crippen LogP contribution in [0.15, 0.2) is 18.2 Å². The Kier molecular flexibility index (Phi) is 3.52. The number of rotatable bonds is 2. The molecule has 1 saturated heterocycles. The number of carbonyl (C=O) groups excluding carboxylic acids is 2. The lowest BCUT2D eigenvalue weighted by atomic mass is 10.0. The van der Waals surface area contributed by atoms with Crippen molar-refractivity contribution in [3.8, 4) is 6.07 Å². The van der Waals surface area contributed by atoms with Gasteiger partial charge in [-0.05, 0) is 37.1 Å². The van der Waals surface area contributed by atoms with E-state index in [1.54, 1.807) is 17.0 Å². The Morgan fingerprint density at radius 2 is 2.21 bits per heavy atom. The third-order valence-corrected chi connectivity index (χ3v) is 3.30. The number of aryl methyl sites for hydroxylation is 1. The van der Waals surface area contributed by atoms with E-state index in [1.165, 1.54) is 0 Å². The van der Waals surface area contributed by atoms with Crippen LogP contribution in [0.1, 0.15) is 24.5 Å². The molecule has 0 aliphatic carbocycles. The van der Waals surface area contributed by atoms with Gasteiger partial charge in [-0.2, -0.15) is 5.26 Å². The summed E-state index contributed by atoms with van der Waals surface area (Å²) < 4.78 is 0. The van der Waals surface area contributed by atoms with Crippen molar-refractivity contribution < 1.29 is 9.59 Å². The van der Waals surface area contributed by atoms with Crippen LogP contribution in [-0.2, 0) is 9.59 Å². The van der Waals surface area contributed by atoms with Gasteiger partial charge in [0, 0.05) is 5.69 Å². The van der Waals surface area contributed by atoms with Gasteiger partial charge in [-0.3, -0.25) is 14.9 Å². The lowest BCUT2D eigenvalue weighted by Gasteiger charge is -2.35. The standard InChI is InChI=1S/C14H15N3O2/c1-3-12-14(19)16-13(18)8-17(12)11-5-4-10(7-15)9(2)6-11/h4-6,12H,3,8H2,1-2H3,(H,16,18,19). The van der Waals surface area contributed by atoms with Crippen molar-refractivity contribution in [2.75, 3.05) is 11.4 Å². The first kappa shape index (κ1) is 13.1. The number of hydrogen-bond donors (Lipinski definition) is 1. The molecule has 1 atom stereocenters. The molecule has 5 nitrogen and oxygen atoms in total. The van der Waals surface area contributed by atoms with Crippen LogP contribution >= 0.6 is 0 Å². The van der Waals surface area contributed by atoms with E-state index in [-0.39, 0.29) is 24.4 Å². The molecule has 1 aliphatic rings. The van der Waals surface area contributed by atoms with Gasteiger partial charge in [0.15, 0.2) is 0 Å². The molecule has 1 heterocycles. The minimum absolute atomic E-state index is 0.162. The molecule has 1 unspecified atom stereocenters. The molecule has 1 aromatic rings. The Hall–Kier alpha value is -2.35. The molecule has 0 spiro atoms. The smallest absolute Gasteiger partial charge is 0.249 e. The van der Waals surface area contributed by atoms with Crippen molar-refractivity contribution in [2.45, 2.75) is 26.3 Å². The van der Waals surface area contributed by atoms with Gasteiger partial charge in [0.05, 0.1) is 18.2 Å². The largest absolute Gasteiger partial charge is 0.350 e. The summed E-state index contributed by atoms with van der Waals surface area (Å²) >= 11 is 0. The molecule has 5 heteroatoms. The number of nitrogens with zero attached hydrogens (tertiary/aromatic N) is 2. The zero-order valence-electron chi connectivity index (χ0n) is 10.9. The van der Waals surface area contributed by atoms with E-state index >= 15 is 0 Å². The van der Waals surface area contributed by atoms with Crippen molar-refractivity contribution in [2.24, 2.45) is 0 Å². The van der Waals surface area contributed by atoms with Gasteiger partial charge in [0.2, 0.25) is 11.8 Å². The summed E-state index contributed by atoms with van der Waals surface area (Å²) in [4.78, 5) is 25.1. The number of carbonyl (C=O) groups is 2. The number of amides is 2. The molecular formula is C14H15N3O2. The first-order valence-electron chi connectivity index (χ1n) is 6.18. The van der Waals surface area contributed by atoms with Gasteiger partial charge in [0.25, 0.3) is 0 Å². The number of anilines is 1. The molecule has 2 amide bonds. The number of nitrogens with one attached hydrogen (secondary N) is 1. The van der Waals surface area contributed by atoms with Gasteiger partial charge in [-0.25, -0.2) is 0 Å². The number of piperazine rings is 1. The molecule has 0 saturated carbocycles. The number of hydrogen-bond acceptors (Lipinski definition) is 4. The van der Waals surface area contributed by atoms with E-state index in [2.05, 4.69) is 11.4 Å². The topological polar surface area (TPSA) is 73.2 Å². The van der Waals surface area contributed by atoms with Crippen LogP contribution < -0.4 is 10.2 Å².